The average molecular weight is 1610 g/mol. The van der Waals surface area contributed by atoms with E-state index in [1.165, 1.54) is 13.8 Å². The van der Waals surface area contributed by atoms with Crippen LogP contribution in [-0.2, 0) is 107 Å². The molecule has 0 radical (unpaired) electrons. The number of ether oxygens (including phenoxy) is 1. The van der Waals surface area contributed by atoms with Crippen LogP contribution in [0.1, 0.15) is 162 Å². The van der Waals surface area contributed by atoms with Gasteiger partial charge < -0.3 is 122 Å². The third-order valence-corrected chi connectivity index (χ3v) is 18.3. The Morgan fingerprint density at radius 2 is 1.04 bits per heavy atom. The number of carboxylic acid groups (broad SMARTS) is 4. The van der Waals surface area contributed by atoms with Crippen LogP contribution in [0.4, 0.5) is 0 Å². The number of carbonyl (C=O) groups is 20. The number of primary amides is 2. The SMILES string of the molecule is CCC(C)CCCCCCCCC(=O)NC(Cc1c[nH]c2ccccc12)C(=O)NC(CC(N)=O)C(=O)NC(CC(=O)O)C(=O)NC1C(=O)NCC(=O)NC(CCCN)C(=O)NC(CC(=O)O)C(=O)NC(CC(N)=O)C(=O)NC(CC(=O)O)C(=O)NCC(=O)NC(CO)C(=O)NC(CCC(=O)O)C(=O)NC(C(C)CC)C(=O)OC1C. The van der Waals surface area contributed by atoms with Crippen molar-refractivity contribution < 1.29 is 126 Å². The number of aromatic nitrogens is 1. The van der Waals surface area contributed by atoms with Crippen molar-refractivity contribution in [2.75, 3.05) is 26.2 Å². The van der Waals surface area contributed by atoms with Crippen molar-refractivity contribution in [2.45, 2.75) is 236 Å². The monoisotopic (exact) mass is 1610 g/mol. The molecule has 1 aliphatic heterocycles. The highest BCUT2D eigenvalue weighted by Gasteiger charge is 2.41. The number of nitrogens with two attached hydrogens (primary N) is 3. The molecule has 14 unspecified atom stereocenters. The molecule has 114 heavy (non-hydrogen) atoms. The van der Waals surface area contributed by atoms with E-state index in [9.17, 15) is 121 Å². The molecule has 1 aromatic heterocycles. The highest BCUT2D eigenvalue weighted by Crippen LogP contribution is 2.21. The molecular weight excluding hydrogens is 1510 g/mol. The molecule has 25 N–H and O–H groups in total. The average Bonchev–Trinajstić information content (AvgIpc) is 1.60. The van der Waals surface area contributed by atoms with Crippen LogP contribution in [0.25, 0.3) is 10.9 Å². The van der Waals surface area contributed by atoms with Crippen LogP contribution in [0.15, 0.2) is 30.5 Å². The van der Waals surface area contributed by atoms with E-state index in [4.69, 9.17) is 21.9 Å². The Labute approximate surface area is 654 Å². The molecule has 0 bridgehead atoms. The van der Waals surface area contributed by atoms with Crippen molar-refractivity contribution in [3.8, 4) is 0 Å². The third-order valence-electron chi connectivity index (χ3n) is 18.3. The number of esters is 1. The third kappa shape index (κ3) is 34.8. The number of hydrogen-bond donors (Lipinski definition) is 22. The topological polar surface area (TPSA) is 702 Å². The second-order valence-corrected chi connectivity index (χ2v) is 27.6. The summed E-state index contributed by atoms with van der Waals surface area (Å²) in [5, 5.41) is 78.3. The molecule has 43 nitrogen and oxygen atoms in total. The highest BCUT2D eigenvalue weighted by atomic mass is 16.5. The van der Waals surface area contributed by atoms with Crippen LogP contribution < -0.4 is 86.3 Å². The van der Waals surface area contributed by atoms with Crippen LogP contribution >= 0.6 is 0 Å². The molecule has 0 saturated carbocycles. The zero-order valence-corrected chi connectivity index (χ0v) is 64.0. The molecule has 1 aromatic carbocycles. The minimum absolute atomic E-state index is 0.00537. The summed E-state index contributed by atoms with van der Waals surface area (Å²) in [6, 6.07) is -15.5. The number of unbranched alkanes of at least 4 members (excludes halogenated alkanes) is 5. The van der Waals surface area contributed by atoms with Gasteiger partial charge in [0.1, 0.15) is 72.6 Å². The number of benzene rings is 1. The summed E-state index contributed by atoms with van der Waals surface area (Å²) in [4.78, 5) is 273. The number of nitrogens with one attached hydrogen (secondary N) is 14. The van der Waals surface area contributed by atoms with Crippen LogP contribution in [0.3, 0.4) is 0 Å². The maximum atomic E-state index is 14.7. The first-order valence-corrected chi connectivity index (χ1v) is 37.2. The lowest BCUT2D eigenvalue weighted by Crippen LogP contribution is -2.62. The predicted octanol–water partition coefficient (Wildman–Crippen LogP) is -5.80. The number of aliphatic carboxylic acids is 4. The van der Waals surface area contributed by atoms with Gasteiger partial charge in [-0.05, 0) is 62.6 Å². The summed E-state index contributed by atoms with van der Waals surface area (Å²) in [5.74, 6) is -28.7. The molecular formula is C71H107N17O26. The van der Waals surface area contributed by atoms with E-state index in [1.807, 2.05) is 21.3 Å². The number of amides is 15. The van der Waals surface area contributed by atoms with Gasteiger partial charge in [0.15, 0.2) is 0 Å². The van der Waals surface area contributed by atoms with Crippen molar-refractivity contribution in [2.24, 2.45) is 29.0 Å². The Hall–Kier alpha value is -11.9. The standard InChI is InChI=1S/C71H107N17O26/c1-6-35(3)17-12-10-8-9-11-13-21-52(92)79-43(25-38-31-75-40-19-15-14-18-39(38)40)64(106)82-45(27-51(74)91)66(108)86-48(30-58(101)102)68(110)88-60-37(5)114-71(113)59(36(4)7-2)87-63(105)42(22-23-55(95)96)81-69(111)49(34-89)80-54(94)32-76-61(103)46(28-56(97)98)84-65(107)44(26-50(73)90)83-67(109)47(29-57(99)100)85-62(104)41(20-16-24-72)78-53(93)33-77-70(60)112/h14-15,18-19,31,35-37,41-49,59-60,75,89H,6-13,16-17,20-30,32-34,72H2,1-5H3,(H2,73,90)(H2,74,91)(H,76,103)(H,77,112)(H,78,93)(H,79,92)(H,80,94)(H,81,111)(H,82,106)(H,83,109)(H,84,107)(H,85,104)(H,86,108)(H,87,105)(H,88,110)(H,95,96)(H,97,98)(H,99,100)(H,101,102). The van der Waals surface area contributed by atoms with Gasteiger partial charge in [-0.25, -0.2) is 4.79 Å². The first-order valence-electron chi connectivity index (χ1n) is 37.2. The zero-order chi connectivity index (χ0) is 85.5. The Bertz CT molecular complexity index is 3760. The smallest absolute Gasteiger partial charge is 0.329 e. The van der Waals surface area contributed by atoms with E-state index in [0.717, 1.165) is 45.4 Å². The lowest BCUT2D eigenvalue weighted by Gasteiger charge is -2.30. The molecule has 0 aliphatic carbocycles. The van der Waals surface area contributed by atoms with Gasteiger partial charge in [-0.15, -0.1) is 0 Å². The Morgan fingerprint density at radius 1 is 0.526 bits per heavy atom. The van der Waals surface area contributed by atoms with Crippen LogP contribution in [0, 0.1) is 11.8 Å². The number of aromatic amines is 1. The maximum Gasteiger partial charge on any atom is 0.329 e. The van der Waals surface area contributed by atoms with Gasteiger partial charge in [-0.1, -0.05) is 97.3 Å². The van der Waals surface area contributed by atoms with E-state index < -0.39 is 268 Å². The van der Waals surface area contributed by atoms with Gasteiger partial charge in [-0.2, -0.15) is 0 Å². The first kappa shape index (κ1) is 96.3. The minimum atomic E-state index is -2.34. The minimum Gasteiger partial charge on any atom is -0.481 e. The van der Waals surface area contributed by atoms with Crippen molar-refractivity contribution in [1.29, 1.82) is 0 Å². The van der Waals surface area contributed by atoms with Crippen LogP contribution in [0.2, 0.25) is 0 Å². The van der Waals surface area contributed by atoms with Crippen LogP contribution in [0.5, 0.6) is 0 Å². The quantitative estimate of drug-likeness (QED) is 0.0220. The van der Waals surface area contributed by atoms with Gasteiger partial charge in [0.05, 0.1) is 51.8 Å². The predicted molar refractivity (Wildman–Crippen MR) is 397 cm³/mol. The number of aliphatic hydroxyl groups excluding tert-OH is 1. The number of carbonyl (C=O) groups excluding carboxylic acids is 16. The van der Waals surface area contributed by atoms with Crippen molar-refractivity contribution in [3.05, 3.63) is 36.0 Å². The molecule has 0 spiro atoms. The normalized spacial score (nSPS) is 21.6. The van der Waals surface area contributed by atoms with Gasteiger partial charge in [0.25, 0.3) is 0 Å². The Kier molecular flexibility index (Phi) is 41.8. The van der Waals surface area contributed by atoms with E-state index in [0.29, 0.717) is 35.2 Å². The number of cyclic esters (lactones) is 1. The molecule has 1 fully saturated rings. The Balaban J connectivity index is 2.20. The second-order valence-electron chi connectivity index (χ2n) is 27.6. The van der Waals surface area contributed by atoms with Crippen LogP contribution in [-0.4, -0.2) is 248 Å². The van der Waals surface area contributed by atoms with E-state index in [1.54, 1.807) is 30.5 Å². The lowest BCUT2D eigenvalue weighted by molar-refractivity contribution is -0.157. The molecule has 2 aromatic rings. The molecule has 1 saturated heterocycles. The molecule has 2 heterocycles. The molecule has 3 rings (SSSR count). The van der Waals surface area contributed by atoms with Crippen molar-refractivity contribution in [3.63, 3.8) is 0 Å². The number of hydrogen-bond acceptors (Lipinski definition) is 23. The van der Waals surface area contributed by atoms with Gasteiger partial charge in [0, 0.05) is 36.4 Å². The van der Waals surface area contributed by atoms with E-state index in [2.05, 4.69) is 66.7 Å². The largest absolute Gasteiger partial charge is 0.481 e. The van der Waals surface area contributed by atoms with E-state index >= 15 is 0 Å². The van der Waals surface area contributed by atoms with Gasteiger partial charge in [-0.3, -0.25) is 91.1 Å². The number of rotatable bonds is 38. The van der Waals surface area contributed by atoms with Crippen molar-refractivity contribution in [1.82, 2.24) is 74.1 Å². The Morgan fingerprint density at radius 3 is 1.59 bits per heavy atom. The fraction of sp³-hybridized carbons (Fsp3) is 0.606. The summed E-state index contributed by atoms with van der Waals surface area (Å²) < 4.78 is 5.70. The molecule has 15 amide bonds. The number of carboxylic acids is 4. The van der Waals surface area contributed by atoms with Gasteiger partial charge in [0.2, 0.25) is 88.6 Å². The fourth-order valence-electron chi connectivity index (χ4n) is 11.6. The number of H-pyrrole nitrogens is 1. The summed E-state index contributed by atoms with van der Waals surface area (Å²) in [5.41, 5.74) is 17.8. The number of fused-ring (bicyclic) bond motifs is 1. The van der Waals surface area contributed by atoms with E-state index in [-0.39, 0.29) is 32.2 Å². The molecule has 632 valence electrons. The molecule has 1 aliphatic rings. The summed E-state index contributed by atoms with van der Waals surface area (Å²) in [6.45, 7) is 4.30. The summed E-state index contributed by atoms with van der Waals surface area (Å²) in [6.07, 6.45) is -1.71. The zero-order valence-electron chi connectivity index (χ0n) is 64.0. The fourth-order valence-corrected chi connectivity index (χ4v) is 11.6. The highest BCUT2D eigenvalue weighted by molar-refractivity contribution is 6.02. The van der Waals surface area contributed by atoms with Crippen molar-refractivity contribution >= 4 is 129 Å². The lowest BCUT2D eigenvalue weighted by atomic mass is 9.98. The summed E-state index contributed by atoms with van der Waals surface area (Å²) in [7, 11) is 0. The first-order chi connectivity index (χ1) is 53.8. The molecule has 14 atom stereocenters. The summed E-state index contributed by atoms with van der Waals surface area (Å²) >= 11 is 0. The number of para-hydroxylation sites is 1. The van der Waals surface area contributed by atoms with Gasteiger partial charge >= 0.3 is 29.8 Å². The number of aliphatic hydroxyl groups is 1. The second kappa shape index (κ2) is 49.5. The molecule has 43 heteroatoms. The maximum absolute atomic E-state index is 14.7.